The van der Waals surface area contributed by atoms with Crippen LogP contribution in [0.1, 0.15) is 42.7 Å². The molecular weight excluding hydrogens is 290 g/mol. The van der Waals surface area contributed by atoms with Crippen molar-refractivity contribution in [3.8, 4) is 0 Å². The van der Waals surface area contributed by atoms with Crippen LogP contribution < -0.4 is 0 Å². The van der Waals surface area contributed by atoms with Crippen molar-refractivity contribution in [1.29, 1.82) is 0 Å². The predicted octanol–water partition coefficient (Wildman–Crippen LogP) is 3.20. The number of oxime groups is 1. The van der Waals surface area contributed by atoms with Crippen molar-refractivity contribution in [2.24, 2.45) is 5.16 Å². The van der Waals surface area contributed by atoms with Gasteiger partial charge in [-0.3, -0.25) is 4.79 Å². The van der Waals surface area contributed by atoms with Crippen LogP contribution in [0.15, 0.2) is 53.8 Å². The summed E-state index contributed by atoms with van der Waals surface area (Å²) in [6.07, 6.45) is 4.30. The van der Waals surface area contributed by atoms with Gasteiger partial charge in [-0.1, -0.05) is 35.5 Å². The lowest BCUT2D eigenvalue weighted by Crippen LogP contribution is -2.35. The molecule has 1 aromatic heterocycles. The van der Waals surface area contributed by atoms with Gasteiger partial charge in [-0.2, -0.15) is 0 Å². The lowest BCUT2D eigenvalue weighted by molar-refractivity contribution is -0.125. The molecule has 5 nitrogen and oxygen atoms in total. The Balaban J connectivity index is 1.47. The summed E-state index contributed by atoms with van der Waals surface area (Å²) in [5.74, 6) is 0.000492. The van der Waals surface area contributed by atoms with Gasteiger partial charge < -0.3 is 14.7 Å². The number of rotatable bonds is 3. The molecule has 3 heterocycles. The van der Waals surface area contributed by atoms with Gasteiger partial charge in [0.2, 0.25) is 0 Å². The van der Waals surface area contributed by atoms with Crippen LogP contribution in [0.4, 0.5) is 0 Å². The van der Waals surface area contributed by atoms with Crippen LogP contribution in [0.5, 0.6) is 0 Å². The first-order chi connectivity index (χ1) is 11.3. The number of amides is 1. The smallest absolute Gasteiger partial charge is 0.272 e. The van der Waals surface area contributed by atoms with E-state index in [9.17, 15) is 4.79 Å². The molecule has 1 aromatic carbocycles. The van der Waals surface area contributed by atoms with Crippen LogP contribution in [0.3, 0.4) is 0 Å². The molecule has 118 valence electrons. The molecule has 4 rings (SSSR count). The SMILES string of the molecule is O=C(C1=NO[C@H](c2ccccc2)C1)N1CCC[C@H]1c1ccc[nH]1. The van der Waals surface area contributed by atoms with Gasteiger partial charge in [0, 0.05) is 24.9 Å². The summed E-state index contributed by atoms with van der Waals surface area (Å²) >= 11 is 0. The first-order valence-electron chi connectivity index (χ1n) is 8.05. The number of hydrogen-bond donors (Lipinski definition) is 1. The number of carbonyl (C=O) groups is 1. The summed E-state index contributed by atoms with van der Waals surface area (Å²) in [6.45, 7) is 0.775. The van der Waals surface area contributed by atoms with E-state index in [1.165, 1.54) is 0 Å². The predicted molar refractivity (Wildman–Crippen MR) is 86.8 cm³/mol. The van der Waals surface area contributed by atoms with Crippen molar-refractivity contribution in [3.05, 3.63) is 59.9 Å². The van der Waals surface area contributed by atoms with E-state index in [0.29, 0.717) is 12.1 Å². The van der Waals surface area contributed by atoms with Crippen molar-refractivity contribution in [2.45, 2.75) is 31.4 Å². The molecule has 5 heteroatoms. The number of nitrogens with zero attached hydrogens (tertiary/aromatic N) is 2. The highest BCUT2D eigenvalue weighted by Crippen LogP contribution is 2.33. The van der Waals surface area contributed by atoms with Crippen LogP contribution in [-0.2, 0) is 9.63 Å². The van der Waals surface area contributed by atoms with Gasteiger partial charge >= 0.3 is 0 Å². The normalized spacial score (nSPS) is 23.7. The van der Waals surface area contributed by atoms with Crippen LogP contribution >= 0.6 is 0 Å². The Bertz CT molecular complexity index is 709. The van der Waals surface area contributed by atoms with Gasteiger partial charge in [-0.25, -0.2) is 0 Å². The molecule has 0 saturated carbocycles. The highest BCUT2D eigenvalue weighted by atomic mass is 16.6. The molecule has 2 aromatic rings. The number of carbonyl (C=O) groups excluding carboxylic acids is 1. The molecule has 2 aliphatic rings. The Labute approximate surface area is 134 Å². The zero-order valence-corrected chi connectivity index (χ0v) is 12.8. The molecular formula is C18H19N3O2. The average molecular weight is 309 g/mol. The summed E-state index contributed by atoms with van der Waals surface area (Å²) in [5.41, 5.74) is 2.67. The van der Waals surface area contributed by atoms with E-state index < -0.39 is 0 Å². The Morgan fingerprint density at radius 2 is 2.09 bits per heavy atom. The number of hydrogen-bond acceptors (Lipinski definition) is 3. The standard InChI is InChI=1S/C18H19N3O2/c22-18(21-11-5-9-16(21)14-8-4-10-19-14)15-12-17(23-20-15)13-6-2-1-3-7-13/h1-4,6-8,10,16-17,19H,5,9,11-12H2/t16-,17-/m0/s1. The van der Waals surface area contributed by atoms with E-state index in [1.807, 2.05) is 53.6 Å². The third-order valence-corrected chi connectivity index (χ3v) is 4.58. The molecule has 0 spiro atoms. The molecule has 1 amide bonds. The lowest BCUT2D eigenvalue weighted by Gasteiger charge is -2.23. The number of nitrogens with one attached hydrogen (secondary N) is 1. The molecule has 2 atom stereocenters. The highest BCUT2D eigenvalue weighted by Gasteiger charge is 2.36. The monoisotopic (exact) mass is 309 g/mol. The van der Waals surface area contributed by atoms with Gasteiger partial charge in [0.1, 0.15) is 5.71 Å². The number of likely N-dealkylation sites (tertiary alicyclic amines) is 1. The summed E-state index contributed by atoms with van der Waals surface area (Å²) in [5, 5.41) is 4.07. The average Bonchev–Trinajstić information content (AvgIpc) is 3.34. The minimum Gasteiger partial charge on any atom is -0.387 e. The Morgan fingerprint density at radius 1 is 1.22 bits per heavy atom. The van der Waals surface area contributed by atoms with E-state index in [4.69, 9.17) is 4.84 Å². The van der Waals surface area contributed by atoms with Crippen molar-refractivity contribution in [2.75, 3.05) is 6.54 Å². The van der Waals surface area contributed by atoms with E-state index in [2.05, 4.69) is 10.1 Å². The Kier molecular flexibility index (Phi) is 3.61. The van der Waals surface area contributed by atoms with Gasteiger partial charge in [-0.05, 0) is 30.5 Å². The third kappa shape index (κ3) is 2.63. The molecule has 0 unspecified atom stereocenters. The maximum absolute atomic E-state index is 12.8. The van der Waals surface area contributed by atoms with Crippen molar-refractivity contribution < 1.29 is 9.63 Å². The molecule has 0 aliphatic carbocycles. The van der Waals surface area contributed by atoms with Gasteiger partial charge in [0.05, 0.1) is 6.04 Å². The second kappa shape index (κ2) is 5.91. The van der Waals surface area contributed by atoms with Crippen LogP contribution in [0.2, 0.25) is 0 Å². The quantitative estimate of drug-likeness (QED) is 0.946. The minimum absolute atomic E-state index is 0.000492. The van der Waals surface area contributed by atoms with Crippen LogP contribution in [0, 0.1) is 0 Å². The molecule has 0 radical (unpaired) electrons. The van der Waals surface area contributed by atoms with E-state index in [-0.39, 0.29) is 18.1 Å². The Morgan fingerprint density at radius 3 is 2.87 bits per heavy atom. The highest BCUT2D eigenvalue weighted by molar-refractivity contribution is 6.39. The van der Waals surface area contributed by atoms with Gasteiger partial charge in [0.15, 0.2) is 6.10 Å². The zero-order chi connectivity index (χ0) is 15.6. The molecule has 1 saturated heterocycles. The topological polar surface area (TPSA) is 57.7 Å². The summed E-state index contributed by atoms with van der Waals surface area (Å²) in [4.78, 5) is 23.5. The fraction of sp³-hybridized carbons (Fsp3) is 0.333. The van der Waals surface area contributed by atoms with Gasteiger partial charge in [0.25, 0.3) is 5.91 Å². The molecule has 1 N–H and O–H groups in total. The summed E-state index contributed by atoms with van der Waals surface area (Å²) in [6, 6.07) is 14.1. The lowest BCUT2D eigenvalue weighted by atomic mass is 10.0. The van der Waals surface area contributed by atoms with E-state index in [0.717, 1.165) is 30.6 Å². The second-order valence-electron chi connectivity index (χ2n) is 6.03. The zero-order valence-electron chi connectivity index (χ0n) is 12.8. The third-order valence-electron chi connectivity index (χ3n) is 4.58. The minimum atomic E-state index is -0.151. The fourth-order valence-electron chi connectivity index (χ4n) is 3.40. The number of H-pyrrole nitrogens is 1. The van der Waals surface area contributed by atoms with Crippen molar-refractivity contribution in [1.82, 2.24) is 9.88 Å². The largest absolute Gasteiger partial charge is 0.387 e. The maximum Gasteiger partial charge on any atom is 0.272 e. The Hall–Kier alpha value is -2.56. The maximum atomic E-state index is 12.8. The number of benzene rings is 1. The number of aromatic nitrogens is 1. The van der Waals surface area contributed by atoms with E-state index >= 15 is 0 Å². The first-order valence-corrected chi connectivity index (χ1v) is 8.05. The van der Waals surface area contributed by atoms with Crippen molar-refractivity contribution >= 4 is 11.6 Å². The summed E-state index contributed by atoms with van der Waals surface area (Å²) < 4.78 is 0. The fourth-order valence-corrected chi connectivity index (χ4v) is 3.40. The molecule has 0 bridgehead atoms. The first kappa shape index (κ1) is 14.1. The van der Waals surface area contributed by atoms with Crippen LogP contribution in [0.25, 0.3) is 0 Å². The van der Waals surface area contributed by atoms with Gasteiger partial charge in [-0.15, -0.1) is 0 Å². The second-order valence-corrected chi connectivity index (χ2v) is 6.03. The molecule has 23 heavy (non-hydrogen) atoms. The molecule has 2 aliphatic heterocycles. The van der Waals surface area contributed by atoms with E-state index in [1.54, 1.807) is 0 Å². The molecule has 1 fully saturated rings. The van der Waals surface area contributed by atoms with Crippen LogP contribution in [-0.4, -0.2) is 28.0 Å². The van der Waals surface area contributed by atoms with Crippen molar-refractivity contribution in [3.63, 3.8) is 0 Å². The summed E-state index contributed by atoms with van der Waals surface area (Å²) in [7, 11) is 0. The number of aromatic amines is 1.